The Labute approximate surface area is 148 Å². The van der Waals surface area contributed by atoms with Crippen molar-refractivity contribution in [2.24, 2.45) is 5.16 Å². The molecule has 2 aromatic rings. The lowest BCUT2D eigenvalue weighted by atomic mass is 9.99. The van der Waals surface area contributed by atoms with Gasteiger partial charge in [-0.1, -0.05) is 43.3 Å². The number of rotatable bonds is 8. The summed E-state index contributed by atoms with van der Waals surface area (Å²) in [6.07, 6.45) is 2.61. The molecule has 0 bridgehead atoms. The predicted molar refractivity (Wildman–Crippen MR) is 100 cm³/mol. The van der Waals surface area contributed by atoms with Gasteiger partial charge in [0.15, 0.2) is 6.61 Å². The Morgan fingerprint density at radius 2 is 1.92 bits per heavy atom. The summed E-state index contributed by atoms with van der Waals surface area (Å²) >= 11 is 0. The Kier molecular flexibility index (Phi) is 7.01. The third-order valence-corrected chi connectivity index (χ3v) is 3.98. The smallest absolute Gasteiger partial charge is 0.265 e. The third-order valence-electron chi connectivity index (χ3n) is 3.98. The van der Waals surface area contributed by atoms with Crippen molar-refractivity contribution in [1.82, 2.24) is 0 Å². The highest BCUT2D eigenvalue weighted by Crippen LogP contribution is 2.20. The van der Waals surface area contributed by atoms with Crippen molar-refractivity contribution in [2.45, 2.75) is 26.2 Å². The number of carbonyl (C=O) groups excluding carboxylic acids is 1. The minimum absolute atomic E-state index is 0.154. The van der Waals surface area contributed by atoms with Crippen molar-refractivity contribution in [1.29, 1.82) is 0 Å². The molecule has 5 heteroatoms. The van der Waals surface area contributed by atoms with Crippen molar-refractivity contribution >= 4 is 17.8 Å². The van der Waals surface area contributed by atoms with Gasteiger partial charge in [0.2, 0.25) is 0 Å². The number of nitrogens with zero attached hydrogens (tertiary/aromatic N) is 1. The van der Waals surface area contributed by atoms with Crippen LogP contribution < -0.4 is 10.1 Å². The second kappa shape index (κ2) is 9.47. The molecule has 0 aliphatic rings. The summed E-state index contributed by atoms with van der Waals surface area (Å²) in [4.78, 5) is 16.9. The average Bonchev–Trinajstić information content (AvgIpc) is 2.65. The molecule has 0 saturated heterocycles. The quantitative estimate of drug-likeness (QED) is 0.579. The van der Waals surface area contributed by atoms with E-state index in [4.69, 9.17) is 9.57 Å². The van der Waals surface area contributed by atoms with Gasteiger partial charge in [-0.05, 0) is 42.2 Å². The monoisotopic (exact) mass is 340 g/mol. The van der Waals surface area contributed by atoms with E-state index < -0.39 is 0 Å². The molecule has 0 heterocycles. The summed E-state index contributed by atoms with van der Waals surface area (Å²) in [6, 6.07) is 15.3. The first-order valence-electron chi connectivity index (χ1n) is 8.32. The number of nitrogens with one attached hydrogen (secondary N) is 1. The van der Waals surface area contributed by atoms with Crippen LogP contribution in [0.25, 0.3) is 0 Å². The van der Waals surface area contributed by atoms with Crippen LogP contribution in [0.15, 0.2) is 53.7 Å². The van der Waals surface area contributed by atoms with E-state index >= 15 is 0 Å². The first kappa shape index (κ1) is 18.5. The van der Waals surface area contributed by atoms with Crippen LogP contribution in [0.4, 0.5) is 5.69 Å². The molecule has 2 aromatic carbocycles. The summed E-state index contributed by atoms with van der Waals surface area (Å²) in [7, 11) is 1.59. The highest BCUT2D eigenvalue weighted by molar-refractivity contribution is 5.91. The summed E-state index contributed by atoms with van der Waals surface area (Å²) in [5.74, 6) is 0.951. The number of benzene rings is 2. The number of hydrogen-bond acceptors (Lipinski definition) is 4. The Hall–Kier alpha value is -2.82. The van der Waals surface area contributed by atoms with E-state index in [0.717, 1.165) is 17.7 Å². The van der Waals surface area contributed by atoms with E-state index in [9.17, 15) is 4.79 Å². The molecular formula is C20H24N2O3. The maximum Gasteiger partial charge on any atom is 0.265 e. The standard InChI is InChI=1S/C20H24N2O3/c1-4-15(2)16-9-11-18(12-10-16)22-20(23)14-25-21-13-17-7-5-6-8-19(17)24-3/h5-13,15H,4,14H2,1-3H3,(H,22,23)/b21-13-/t15-/m0/s1. The average molecular weight is 340 g/mol. The molecule has 0 aromatic heterocycles. The number of para-hydroxylation sites is 1. The van der Waals surface area contributed by atoms with Crippen molar-refractivity contribution in [3.63, 3.8) is 0 Å². The Balaban J connectivity index is 1.81. The Morgan fingerprint density at radius 1 is 1.20 bits per heavy atom. The van der Waals surface area contributed by atoms with Gasteiger partial charge in [0.05, 0.1) is 13.3 Å². The van der Waals surface area contributed by atoms with Gasteiger partial charge in [-0.25, -0.2) is 0 Å². The molecule has 1 amide bonds. The summed E-state index contributed by atoms with van der Waals surface area (Å²) in [6.45, 7) is 4.18. The minimum Gasteiger partial charge on any atom is -0.496 e. The zero-order valence-electron chi connectivity index (χ0n) is 14.9. The van der Waals surface area contributed by atoms with Crippen LogP contribution in [0.5, 0.6) is 5.75 Å². The van der Waals surface area contributed by atoms with Crippen molar-refractivity contribution in [2.75, 3.05) is 19.0 Å². The zero-order chi connectivity index (χ0) is 18.1. The van der Waals surface area contributed by atoms with Crippen LogP contribution in [0.1, 0.15) is 37.3 Å². The lowest BCUT2D eigenvalue weighted by Gasteiger charge is -2.10. The number of hydrogen-bond donors (Lipinski definition) is 1. The highest BCUT2D eigenvalue weighted by Gasteiger charge is 2.05. The molecule has 2 rings (SSSR count). The fourth-order valence-corrected chi connectivity index (χ4v) is 2.29. The number of ether oxygens (including phenoxy) is 1. The SMILES string of the molecule is CC[C@H](C)c1ccc(NC(=O)CO/N=C\c2ccccc2OC)cc1. The lowest BCUT2D eigenvalue weighted by Crippen LogP contribution is -2.17. The largest absolute Gasteiger partial charge is 0.496 e. The number of amides is 1. The van der Waals surface area contributed by atoms with Gasteiger partial charge >= 0.3 is 0 Å². The van der Waals surface area contributed by atoms with E-state index in [-0.39, 0.29) is 12.5 Å². The number of carbonyl (C=O) groups is 1. The third kappa shape index (κ3) is 5.64. The van der Waals surface area contributed by atoms with E-state index in [0.29, 0.717) is 11.7 Å². The van der Waals surface area contributed by atoms with Crippen LogP contribution in [-0.2, 0) is 9.63 Å². The van der Waals surface area contributed by atoms with Gasteiger partial charge in [-0.3, -0.25) is 4.79 Å². The second-order valence-corrected chi connectivity index (χ2v) is 5.73. The summed E-state index contributed by atoms with van der Waals surface area (Å²) in [5.41, 5.74) is 2.79. The van der Waals surface area contributed by atoms with E-state index in [1.165, 1.54) is 11.8 Å². The van der Waals surface area contributed by atoms with Gasteiger partial charge in [0.25, 0.3) is 5.91 Å². The minimum atomic E-state index is -0.256. The summed E-state index contributed by atoms with van der Waals surface area (Å²) < 4.78 is 5.21. The van der Waals surface area contributed by atoms with Crippen LogP contribution in [0.2, 0.25) is 0 Å². The maximum atomic E-state index is 11.9. The van der Waals surface area contributed by atoms with Crippen molar-refractivity contribution in [3.8, 4) is 5.75 Å². The Morgan fingerprint density at radius 3 is 2.60 bits per heavy atom. The predicted octanol–water partition coefficient (Wildman–Crippen LogP) is 4.20. The van der Waals surface area contributed by atoms with Gasteiger partial charge in [0.1, 0.15) is 5.75 Å². The van der Waals surface area contributed by atoms with Gasteiger partial charge in [-0.2, -0.15) is 0 Å². The number of methoxy groups -OCH3 is 1. The first-order valence-corrected chi connectivity index (χ1v) is 8.32. The van der Waals surface area contributed by atoms with Crippen LogP contribution in [-0.4, -0.2) is 25.8 Å². The van der Waals surface area contributed by atoms with Crippen LogP contribution in [0.3, 0.4) is 0 Å². The number of anilines is 1. The maximum absolute atomic E-state index is 11.9. The van der Waals surface area contributed by atoms with Crippen molar-refractivity contribution in [3.05, 3.63) is 59.7 Å². The highest BCUT2D eigenvalue weighted by atomic mass is 16.6. The molecule has 0 fully saturated rings. The van der Waals surface area contributed by atoms with E-state index in [1.54, 1.807) is 7.11 Å². The summed E-state index contributed by atoms with van der Waals surface area (Å²) in [5, 5.41) is 6.60. The van der Waals surface area contributed by atoms with Gasteiger partial charge < -0.3 is 14.9 Å². The first-order chi connectivity index (χ1) is 12.1. The zero-order valence-corrected chi connectivity index (χ0v) is 14.9. The molecule has 25 heavy (non-hydrogen) atoms. The fourth-order valence-electron chi connectivity index (χ4n) is 2.29. The lowest BCUT2D eigenvalue weighted by molar-refractivity contribution is -0.120. The van der Waals surface area contributed by atoms with Gasteiger partial charge in [0, 0.05) is 11.3 Å². The van der Waals surface area contributed by atoms with E-state index in [1.807, 2.05) is 48.5 Å². The molecule has 5 nitrogen and oxygen atoms in total. The molecule has 0 radical (unpaired) electrons. The van der Waals surface area contributed by atoms with Crippen LogP contribution in [0, 0.1) is 0 Å². The fraction of sp³-hybridized carbons (Fsp3) is 0.300. The number of oxime groups is 1. The molecule has 1 atom stereocenters. The molecule has 1 N–H and O–H groups in total. The Bertz CT molecular complexity index is 711. The molecular weight excluding hydrogens is 316 g/mol. The molecule has 0 aliphatic carbocycles. The molecule has 0 unspecified atom stereocenters. The van der Waals surface area contributed by atoms with Crippen molar-refractivity contribution < 1.29 is 14.4 Å². The second-order valence-electron chi connectivity index (χ2n) is 5.73. The van der Waals surface area contributed by atoms with E-state index in [2.05, 4.69) is 24.3 Å². The topological polar surface area (TPSA) is 59.9 Å². The molecule has 0 aliphatic heterocycles. The molecule has 0 saturated carbocycles. The molecule has 132 valence electrons. The molecule has 0 spiro atoms. The normalized spacial score (nSPS) is 12.0. The van der Waals surface area contributed by atoms with Crippen LogP contribution >= 0.6 is 0 Å². The van der Waals surface area contributed by atoms with Gasteiger partial charge in [-0.15, -0.1) is 0 Å².